The van der Waals surface area contributed by atoms with Crippen LogP contribution in [0.25, 0.3) is 0 Å². The zero-order valence-corrected chi connectivity index (χ0v) is 9.09. The van der Waals surface area contributed by atoms with E-state index in [1.54, 1.807) is 12.1 Å². The number of ether oxygens (including phenoxy) is 1. The van der Waals surface area contributed by atoms with Crippen LogP contribution in [0.4, 0.5) is 0 Å². The molecule has 0 aromatic heterocycles. The standard InChI is InChI=1S/C9H8BrClO2/c10-6-8(9(11)12)13-7-4-2-1-3-5-7/h1-5,8H,6H2. The summed E-state index contributed by atoms with van der Waals surface area (Å²) in [5.41, 5.74) is 0. The van der Waals surface area contributed by atoms with Crippen molar-refractivity contribution in [2.24, 2.45) is 0 Å². The number of hydrogen-bond donors (Lipinski definition) is 0. The molecule has 0 saturated heterocycles. The van der Waals surface area contributed by atoms with Gasteiger partial charge in [-0.1, -0.05) is 34.1 Å². The van der Waals surface area contributed by atoms with Gasteiger partial charge in [0.15, 0.2) is 6.10 Å². The summed E-state index contributed by atoms with van der Waals surface area (Å²) in [4.78, 5) is 10.8. The molecular formula is C9H8BrClO2. The molecule has 0 radical (unpaired) electrons. The van der Waals surface area contributed by atoms with Gasteiger partial charge in [0.05, 0.1) is 0 Å². The predicted octanol–water partition coefficient (Wildman–Crippen LogP) is 2.59. The molecule has 1 aromatic rings. The Kier molecular flexibility index (Phi) is 4.25. The third kappa shape index (κ3) is 3.36. The first-order chi connectivity index (χ1) is 6.24. The maximum atomic E-state index is 10.8. The van der Waals surface area contributed by atoms with Crippen LogP contribution in [0, 0.1) is 0 Å². The van der Waals surface area contributed by atoms with E-state index < -0.39 is 11.3 Å². The highest BCUT2D eigenvalue weighted by Gasteiger charge is 2.15. The SMILES string of the molecule is O=C(Cl)C(CBr)Oc1ccccc1. The highest BCUT2D eigenvalue weighted by Crippen LogP contribution is 2.13. The van der Waals surface area contributed by atoms with Crippen molar-refractivity contribution in [2.45, 2.75) is 6.10 Å². The van der Waals surface area contributed by atoms with Gasteiger partial charge < -0.3 is 4.74 Å². The van der Waals surface area contributed by atoms with Crippen molar-refractivity contribution < 1.29 is 9.53 Å². The van der Waals surface area contributed by atoms with Crippen molar-refractivity contribution in [1.82, 2.24) is 0 Å². The zero-order valence-electron chi connectivity index (χ0n) is 6.74. The summed E-state index contributed by atoms with van der Waals surface area (Å²) < 4.78 is 5.30. The van der Waals surface area contributed by atoms with Gasteiger partial charge in [-0.05, 0) is 23.7 Å². The fourth-order valence-corrected chi connectivity index (χ4v) is 1.54. The number of para-hydroxylation sites is 1. The second-order valence-corrected chi connectivity index (χ2v) is 3.40. The number of hydrogen-bond acceptors (Lipinski definition) is 2. The van der Waals surface area contributed by atoms with Crippen LogP contribution < -0.4 is 4.74 Å². The Morgan fingerprint density at radius 2 is 2.08 bits per heavy atom. The molecule has 70 valence electrons. The van der Waals surface area contributed by atoms with E-state index in [1.165, 1.54) is 0 Å². The Morgan fingerprint density at radius 3 is 2.54 bits per heavy atom. The summed E-state index contributed by atoms with van der Waals surface area (Å²) in [6.45, 7) is 0. The summed E-state index contributed by atoms with van der Waals surface area (Å²) >= 11 is 8.44. The maximum Gasteiger partial charge on any atom is 0.263 e. The summed E-state index contributed by atoms with van der Waals surface area (Å²) in [5, 5.41) is -0.106. The third-order valence-electron chi connectivity index (χ3n) is 1.41. The summed E-state index contributed by atoms with van der Waals surface area (Å²) in [7, 11) is 0. The molecule has 2 nitrogen and oxygen atoms in total. The Hall–Kier alpha value is -0.540. The molecule has 1 atom stereocenters. The van der Waals surface area contributed by atoms with Gasteiger partial charge in [-0.25, -0.2) is 0 Å². The van der Waals surface area contributed by atoms with E-state index in [1.807, 2.05) is 18.2 Å². The first kappa shape index (κ1) is 10.5. The lowest BCUT2D eigenvalue weighted by Gasteiger charge is -2.11. The average molecular weight is 264 g/mol. The van der Waals surface area contributed by atoms with Crippen molar-refractivity contribution in [2.75, 3.05) is 5.33 Å². The van der Waals surface area contributed by atoms with Crippen molar-refractivity contribution in [3.63, 3.8) is 0 Å². The number of alkyl halides is 1. The Bertz CT molecular complexity index is 276. The minimum absolute atomic E-state index is 0.393. The van der Waals surface area contributed by atoms with Crippen molar-refractivity contribution in [3.05, 3.63) is 30.3 Å². The van der Waals surface area contributed by atoms with Crippen molar-refractivity contribution in [1.29, 1.82) is 0 Å². The fourth-order valence-electron chi connectivity index (χ4n) is 0.802. The number of carbonyl (C=O) groups is 1. The first-order valence-corrected chi connectivity index (χ1v) is 5.21. The quantitative estimate of drug-likeness (QED) is 0.616. The van der Waals surface area contributed by atoms with Gasteiger partial charge in [0.25, 0.3) is 5.24 Å². The van der Waals surface area contributed by atoms with Gasteiger partial charge in [-0.3, -0.25) is 4.79 Å². The second kappa shape index (κ2) is 5.25. The van der Waals surface area contributed by atoms with E-state index in [2.05, 4.69) is 15.9 Å². The summed E-state index contributed by atoms with van der Waals surface area (Å²) in [6.07, 6.45) is -0.621. The number of carbonyl (C=O) groups excluding carboxylic acids is 1. The molecule has 1 rings (SSSR count). The lowest BCUT2D eigenvalue weighted by Crippen LogP contribution is -2.24. The van der Waals surface area contributed by atoms with E-state index in [0.717, 1.165) is 0 Å². The topological polar surface area (TPSA) is 26.3 Å². The van der Waals surface area contributed by atoms with Crippen LogP contribution >= 0.6 is 27.5 Å². The van der Waals surface area contributed by atoms with Crippen LogP contribution in [-0.4, -0.2) is 16.7 Å². The predicted molar refractivity (Wildman–Crippen MR) is 55.5 cm³/mol. The molecule has 0 aliphatic heterocycles. The second-order valence-electron chi connectivity index (χ2n) is 2.38. The molecule has 0 amide bonds. The molecule has 0 bridgehead atoms. The summed E-state index contributed by atoms with van der Waals surface area (Å²) in [5.74, 6) is 0.640. The largest absolute Gasteiger partial charge is 0.480 e. The monoisotopic (exact) mass is 262 g/mol. The lowest BCUT2D eigenvalue weighted by molar-refractivity contribution is -0.116. The van der Waals surface area contributed by atoms with E-state index in [0.29, 0.717) is 11.1 Å². The molecule has 1 aromatic carbocycles. The molecule has 4 heteroatoms. The highest BCUT2D eigenvalue weighted by molar-refractivity contribution is 9.09. The molecular weight excluding hydrogens is 255 g/mol. The zero-order chi connectivity index (χ0) is 9.68. The van der Waals surface area contributed by atoms with Crippen LogP contribution in [-0.2, 0) is 4.79 Å². The maximum absolute atomic E-state index is 10.8. The Morgan fingerprint density at radius 1 is 1.46 bits per heavy atom. The molecule has 0 heterocycles. The van der Waals surface area contributed by atoms with Crippen LogP contribution in [0.15, 0.2) is 30.3 Å². The van der Waals surface area contributed by atoms with Crippen LogP contribution in [0.1, 0.15) is 0 Å². The molecule has 0 aliphatic carbocycles. The van der Waals surface area contributed by atoms with Gasteiger partial charge in [-0.15, -0.1) is 0 Å². The summed E-state index contributed by atoms with van der Waals surface area (Å²) in [6, 6.07) is 9.09. The molecule has 0 spiro atoms. The van der Waals surface area contributed by atoms with E-state index in [4.69, 9.17) is 16.3 Å². The Balaban J connectivity index is 2.62. The number of halogens is 2. The molecule has 0 N–H and O–H groups in total. The van der Waals surface area contributed by atoms with E-state index in [9.17, 15) is 4.79 Å². The van der Waals surface area contributed by atoms with Gasteiger partial charge >= 0.3 is 0 Å². The number of benzene rings is 1. The first-order valence-electron chi connectivity index (χ1n) is 3.71. The van der Waals surface area contributed by atoms with Crippen molar-refractivity contribution in [3.8, 4) is 5.75 Å². The van der Waals surface area contributed by atoms with Gasteiger partial charge in [0.1, 0.15) is 5.75 Å². The van der Waals surface area contributed by atoms with E-state index >= 15 is 0 Å². The minimum Gasteiger partial charge on any atom is -0.480 e. The van der Waals surface area contributed by atoms with Crippen LogP contribution in [0.3, 0.4) is 0 Å². The molecule has 0 fully saturated rings. The normalized spacial score (nSPS) is 12.2. The number of rotatable bonds is 4. The van der Waals surface area contributed by atoms with Gasteiger partial charge in [-0.2, -0.15) is 0 Å². The average Bonchev–Trinajstić information content (AvgIpc) is 2.15. The van der Waals surface area contributed by atoms with Crippen LogP contribution in [0.5, 0.6) is 5.75 Å². The lowest BCUT2D eigenvalue weighted by atomic mass is 10.3. The minimum atomic E-state index is -0.621. The van der Waals surface area contributed by atoms with Crippen molar-refractivity contribution >= 4 is 32.8 Å². The smallest absolute Gasteiger partial charge is 0.263 e. The van der Waals surface area contributed by atoms with E-state index in [-0.39, 0.29) is 0 Å². The third-order valence-corrected chi connectivity index (χ3v) is 2.25. The van der Waals surface area contributed by atoms with Gasteiger partial charge in [0, 0.05) is 5.33 Å². The molecule has 1 unspecified atom stereocenters. The fraction of sp³-hybridized carbons (Fsp3) is 0.222. The molecule has 13 heavy (non-hydrogen) atoms. The molecule has 0 saturated carbocycles. The Labute approximate surface area is 90.0 Å². The van der Waals surface area contributed by atoms with Gasteiger partial charge in [0.2, 0.25) is 0 Å². The highest BCUT2D eigenvalue weighted by atomic mass is 79.9. The molecule has 0 aliphatic rings. The van der Waals surface area contributed by atoms with Crippen LogP contribution in [0.2, 0.25) is 0 Å².